The van der Waals surface area contributed by atoms with Crippen molar-refractivity contribution in [2.45, 2.75) is 32.2 Å². The van der Waals surface area contributed by atoms with Crippen LogP contribution >= 0.6 is 10.7 Å². The number of carbonyl (C=O) groups excluding carboxylic acids is 1. The van der Waals surface area contributed by atoms with E-state index >= 15 is 0 Å². The number of esters is 1. The van der Waals surface area contributed by atoms with E-state index in [1.54, 1.807) is 6.92 Å². The summed E-state index contributed by atoms with van der Waals surface area (Å²) in [5.74, 6) is -0.513. The lowest BCUT2D eigenvalue weighted by Gasteiger charge is -2.30. The predicted octanol–water partition coefficient (Wildman–Crippen LogP) is 0.888. The molecule has 7 heteroatoms. The number of rotatable bonds is 3. The first-order valence-corrected chi connectivity index (χ1v) is 7.11. The summed E-state index contributed by atoms with van der Waals surface area (Å²) in [6, 6.07) is -0.749. The van der Waals surface area contributed by atoms with E-state index in [0.717, 1.165) is 17.1 Å². The average molecular weight is 256 g/mol. The molecule has 0 bridgehead atoms. The third-order valence-corrected chi connectivity index (χ3v) is 3.82. The molecule has 0 aromatic rings. The van der Waals surface area contributed by atoms with Crippen molar-refractivity contribution < 1.29 is 17.9 Å². The zero-order valence-electron chi connectivity index (χ0n) is 8.48. The lowest BCUT2D eigenvalue weighted by molar-refractivity contribution is -0.148. The molecule has 0 aromatic heterocycles. The van der Waals surface area contributed by atoms with Crippen LogP contribution in [-0.4, -0.2) is 37.9 Å². The molecule has 15 heavy (non-hydrogen) atoms. The van der Waals surface area contributed by atoms with Crippen LogP contribution in [-0.2, 0) is 18.8 Å². The first-order valence-electron chi connectivity index (χ1n) is 4.85. The van der Waals surface area contributed by atoms with Gasteiger partial charge in [0.2, 0.25) is 0 Å². The zero-order chi connectivity index (χ0) is 11.5. The fourth-order valence-electron chi connectivity index (χ4n) is 1.64. The van der Waals surface area contributed by atoms with Crippen LogP contribution in [0.4, 0.5) is 0 Å². The van der Waals surface area contributed by atoms with E-state index in [1.807, 2.05) is 0 Å². The van der Waals surface area contributed by atoms with E-state index in [0.29, 0.717) is 6.42 Å². The van der Waals surface area contributed by atoms with Crippen LogP contribution in [0.2, 0.25) is 0 Å². The van der Waals surface area contributed by atoms with Crippen LogP contribution < -0.4 is 0 Å². The predicted molar refractivity (Wildman–Crippen MR) is 55.8 cm³/mol. The first-order chi connectivity index (χ1) is 6.96. The number of hydrogen-bond acceptors (Lipinski definition) is 4. The summed E-state index contributed by atoms with van der Waals surface area (Å²) < 4.78 is 28.2. The highest BCUT2D eigenvalue weighted by molar-refractivity contribution is 8.11. The summed E-state index contributed by atoms with van der Waals surface area (Å²) in [7, 11) is 1.41. The largest absolute Gasteiger partial charge is 0.465 e. The molecule has 0 amide bonds. The maximum Gasteiger partial charge on any atom is 0.324 e. The lowest BCUT2D eigenvalue weighted by atomic mass is 10.1. The van der Waals surface area contributed by atoms with E-state index in [9.17, 15) is 13.2 Å². The highest BCUT2D eigenvalue weighted by Crippen LogP contribution is 2.23. The van der Waals surface area contributed by atoms with Gasteiger partial charge in [-0.05, 0) is 26.2 Å². The van der Waals surface area contributed by atoms with Gasteiger partial charge in [-0.3, -0.25) is 4.79 Å². The Hall–Kier alpha value is -0.330. The Kier molecular flexibility index (Phi) is 4.36. The van der Waals surface area contributed by atoms with Crippen LogP contribution in [0, 0.1) is 0 Å². The third kappa shape index (κ3) is 3.32. The number of ether oxygens (including phenoxy) is 1. The second kappa shape index (κ2) is 5.14. The van der Waals surface area contributed by atoms with Crippen molar-refractivity contribution in [3.8, 4) is 0 Å². The number of nitrogens with zero attached hydrogens (tertiary/aromatic N) is 1. The minimum absolute atomic E-state index is 0.242. The fraction of sp³-hybridized carbons (Fsp3) is 0.875. The summed E-state index contributed by atoms with van der Waals surface area (Å²) in [4.78, 5) is 11.5. The molecule has 0 aliphatic carbocycles. The number of hydrogen-bond donors (Lipinski definition) is 0. The first kappa shape index (κ1) is 12.7. The Bertz CT molecular complexity index is 330. The maximum absolute atomic E-state index is 11.5. The van der Waals surface area contributed by atoms with E-state index in [-0.39, 0.29) is 13.2 Å². The van der Waals surface area contributed by atoms with Gasteiger partial charge in [-0.25, -0.2) is 0 Å². The smallest absolute Gasteiger partial charge is 0.324 e. The van der Waals surface area contributed by atoms with Crippen LogP contribution in [0.3, 0.4) is 0 Å². The lowest BCUT2D eigenvalue weighted by Crippen LogP contribution is -2.46. The fourth-order valence-corrected chi connectivity index (χ4v) is 2.98. The minimum Gasteiger partial charge on any atom is -0.465 e. The molecule has 0 N–H and O–H groups in total. The van der Waals surface area contributed by atoms with E-state index in [2.05, 4.69) is 0 Å². The number of carbonyl (C=O) groups is 1. The van der Waals surface area contributed by atoms with E-state index < -0.39 is 21.2 Å². The van der Waals surface area contributed by atoms with Crippen molar-refractivity contribution in [3.05, 3.63) is 0 Å². The molecule has 0 aromatic carbocycles. The molecule has 1 atom stereocenters. The molecule has 0 spiro atoms. The average Bonchev–Trinajstić information content (AvgIpc) is 2.17. The normalized spacial score (nSPS) is 23.7. The molecule has 0 radical (unpaired) electrons. The van der Waals surface area contributed by atoms with Crippen molar-refractivity contribution in [2.75, 3.05) is 13.2 Å². The standard InChI is InChI=1S/C8H14ClNO4S/c1-2-14-8(11)7-5-3-4-6-10(7)15(9,12)13/h7H,2-6H2,1H3/t7-/m1/s1. The van der Waals surface area contributed by atoms with Gasteiger partial charge in [0.1, 0.15) is 6.04 Å². The number of piperidine rings is 1. The van der Waals surface area contributed by atoms with Gasteiger partial charge >= 0.3 is 15.2 Å². The van der Waals surface area contributed by atoms with Gasteiger partial charge in [-0.15, -0.1) is 0 Å². The van der Waals surface area contributed by atoms with Crippen LogP contribution in [0.15, 0.2) is 0 Å². The molecular weight excluding hydrogens is 242 g/mol. The monoisotopic (exact) mass is 255 g/mol. The van der Waals surface area contributed by atoms with Gasteiger partial charge in [-0.1, -0.05) is 0 Å². The van der Waals surface area contributed by atoms with Crippen LogP contribution in [0.25, 0.3) is 0 Å². The molecule has 88 valence electrons. The third-order valence-electron chi connectivity index (χ3n) is 2.29. The molecule has 1 rings (SSSR count). The Balaban J connectivity index is 2.79. The van der Waals surface area contributed by atoms with E-state index in [1.165, 1.54) is 0 Å². The molecule has 1 saturated heterocycles. The summed E-state index contributed by atoms with van der Waals surface area (Å²) >= 11 is 0. The molecule has 5 nitrogen and oxygen atoms in total. The highest BCUT2D eigenvalue weighted by Gasteiger charge is 2.36. The molecule has 1 heterocycles. The second-order valence-corrected chi connectivity index (χ2v) is 5.78. The molecule has 0 saturated carbocycles. The van der Waals surface area contributed by atoms with Crippen molar-refractivity contribution in [3.63, 3.8) is 0 Å². The van der Waals surface area contributed by atoms with Gasteiger partial charge in [0, 0.05) is 17.2 Å². The molecule has 1 aliphatic heterocycles. The summed E-state index contributed by atoms with van der Waals surface area (Å²) in [6.45, 7) is 2.21. The maximum atomic E-state index is 11.5. The van der Waals surface area contributed by atoms with Crippen LogP contribution in [0.1, 0.15) is 26.2 Å². The van der Waals surface area contributed by atoms with Gasteiger partial charge in [0.15, 0.2) is 0 Å². The van der Waals surface area contributed by atoms with Crippen molar-refractivity contribution in [2.24, 2.45) is 0 Å². The summed E-state index contributed by atoms with van der Waals surface area (Å²) in [5, 5.41) is 0. The SMILES string of the molecule is CCOC(=O)[C@H]1CCCCN1S(=O)(=O)Cl. The van der Waals surface area contributed by atoms with Gasteiger partial charge in [0.25, 0.3) is 0 Å². The molecule has 0 unspecified atom stereocenters. The Morgan fingerprint density at radius 2 is 2.20 bits per heavy atom. The van der Waals surface area contributed by atoms with Gasteiger partial charge < -0.3 is 4.74 Å². The molecular formula is C8H14ClNO4S. The Morgan fingerprint density at radius 1 is 1.53 bits per heavy atom. The number of halogens is 1. The zero-order valence-corrected chi connectivity index (χ0v) is 10.1. The van der Waals surface area contributed by atoms with Gasteiger partial charge in [0.05, 0.1) is 6.61 Å². The minimum atomic E-state index is -3.83. The van der Waals surface area contributed by atoms with Crippen molar-refractivity contribution in [1.82, 2.24) is 4.31 Å². The summed E-state index contributed by atoms with van der Waals surface area (Å²) in [5.41, 5.74) is 0. The Labute approximate surface area is 93.9 Å². The second-order valence-electron chi connectivity index (χ2n) is 3.32. The van der Waals surface area contributed by atoms with E-state index in [4.69, 9.17) is 15.4 Å². The summed E-state index contributed by atoms with van der Waals surface area (Å²) in [6.07, 6.45) is 2.01. The van der Waals surface area contributed by atoms with Crippen LogP contribution in [0.5, 0.6) is 0 Å². The molecule has 1 aliphatic rings. The Morgan fingerprint density at radius 3 is 2.73 bits per heavy atom. The van der Waals surface area contributed by atoms with Crippen molar-refractivity contribution in [1.29, 1.82) is 0 Å². The van der Waals surface area contributed by atoms with Gasteiger partial charge in [-0.2, -0.15) is 12.7 Å². The topological polar surface area (TPSA) is 63.7 Å². The quantitative estimate of drug-likeness (QED) is 0.555. The molecule has 1 fully saturated rings. The van der Waals surface area contributed by atoms with Crippen molar-refractivity contribution >= 4 is 25.9 Å². The highest BCUT2D eigenvalue weighted by atomic mass is 35.7.